The molecule has 6 nitrogen and oxygen atoms in total. The molecule has 0 radical (unpaired) electrons. The molecule has 1 aliphatic rings. The second kappa shape index (κ2) is 7.42. The number of aromatic amines is 2. The standard InChI is InChI=1S/C19H16ClF4N5O/c1-9(11-3-2-10(21)6-13(11)19(22,23)24)17-12-4-5-29(8-14(12)26-27-17)15-7-25-28-18(30)16(15)20/h2-3,6-7,9H,4-5,8H2,1H3,(H,26,27)(H,28,30)/t9-/m1/s1. The molecular formula is C19H16ClF4N5O. The molecule has 30 heavy (non-hydrogen) atoms. The zero-order valence-electron chi connectivity index (χ0n) is 15.6. The number of nitrogens with zero attached hydrogens (tertiary/aromatic N) is 3. The Labute approximate surface area is 172 Å². The molecule has 3 heterocycles. The summed E-state index contributed by atoms with van der Waals surface area (Å²) in [6.07, 6.45) is -2.75. The second-order valence-electron chi connectivity index (χ2n) is 7.09. The van der Waals surface area contributed by atoms with Gasteiger partial charge in [0.1, 0.15) is 10.8 Å². The number of hydrogen-bond donors (Lipinski definition) is 2. The highest BCUT2D eigenvalue weighted by Crippen LogP contribution is 2.39. The number of halogens is 5. The van der Waals surface area contributed by atoms with Crippen molar-refractivity contribution in [3.8, 4) is 0 Å². The average molecular weight is 442 g/mol. The summed E-state index contributed by atoms with van der Waals surface area (Å²) in [5.74, 6) is -1.64. The molecule has 2 N–H and O–H groups in total. The van der Waals surface area contributed by atoms with Crippen molar-refractivity contribution < 1.29 is 17.6 Å². The van der Waals surface area contributed by atoms with E-state index < -0.39 is 29.0 Å². The largest absolute Gasteiger partial charge is 0.416 e. The molecule has 4 rings (SSSR count). The maximum atomic E-state index is 13.5. The third kappa shape index (κ3) is 3.55. The number of rotatable bonds is 3. The molecule has 0 bridgehead atoms. The van der Waals surface area contributed by atoms with Crippen LogP contribution in [0.1, 0.15) is 40.9 Å². The zero-order chi connectivity index (χ0) is 21.6. The van der Waals surface area contributed by atoms with Crippen LogP contribution < -0.4 is 10.5 Å². The predicted molar refractivity (Wildman–Crippen MR) is 102 cm³/mol. The molecule has 0 saturated carbocycles. The van der Waals surface area contributed by atoms with Gasteiger partial charge in [-0.15, -0.1) is 0 Å². The van der Waals surface area contributed by atoms with E-state index in [9.17, 15) is 22.4 Å². The molecule has 0 spiro atoms. The van der Waals surface area contributed by atoms with E-state index in [1.807, 2.05) is 4.90 Å². The molecule has 2 aromatic heterocycles. The lowest BCUT2D eigenvalue weighted by atomic mass is 9.88. The maximum absolute atomic E-state index is 13.5. The Kier molecular flexibility index (Phi) is 5.05. The van der Waals surface area contributed by atoms with Crippen LogP contribution in [0.25, 0.3) is 0 Å². The number of H-pyrrole nitrogens is 2. The monoisotopic (exact) mass is 441 g/mol. The highest BCUT2D eigenvalue weighted by molar-refractivity contribution is 6.33. The molecular weight excluding hydrogens is 426 g/mol. The Morgan fingerprint density at radius 3 is 2.77 bits per heavy atom. The minimum atomic E-state index is -4.68. The van der Waals surface area contributed by atoms with E-state index in [4.69, 9.17) is 11.6 Å². The first-order valence-electron chi connectivity index (χ1n) is 9.07. The summed E-state index contributed by atoms with van der Waals surface area (Å²) in [5.41, 5.74) is 0.924. The molecule has 1 aliphatic heterocycles. The molecule has 0 fully saturated rings. The SMILES string of the molecule is C[C@H](c1ccc(F)cc1C(F)(F)F)c1n[nH]c2c1CCN(c1cn[nH]c(=O)c1Cl)C2. The lowest BCUT2D eigenvalue weighted by molar-refractivity contribution is -0.138. The second-order valence-corrected chi connectivity index (χ2v) is 7.46. The van der Waals surface area contributed by atoms with E-state index in [1.54, 1.807) is 6.92 Å². The maximum Gasteiger partial charge on any atom is 0.416 e. The van der Waals surface area contributed by atoms with E-state index in [0.29, 0.717) is 37.0 Å². The number of benzene rings is 1. The first-order valence-corrected chi connectivity index (χ1v) is 9.45. The van der Waals surface area contributed by atoms with Gasteiger partial charge in [-0.1, -0.05) is 24.6 Å². The summed E-state index contributed by atoms with van der Waals surface area (Å²) in [5, 5.41) is 13.2. The Balaban J connectivity index is 1.67. The van der Waals surface area contributed by atoms with Crippen molar-refractivity contribution in [2.45, 2.75) is 32.0 Å². The van der Waals surface area contributed by atoms with Gasteiger partial charge in [-0.2, -0.15) is 23.4 Å². The Hall–Kier alpha value is -2.88. The van der Waals surface area contributed by atoms with Crippen LogP contribution in [0.3, 0.4) is 0 Å². The van der Waals surface area contributed by atoms with Crippen molar-refractivity contribution in [1.29, 1.82) is 0 Å². The van der Waals surface area contributed by atoms with E-state index in [-0.39, 0.29) is 10.6 Å². The summed E-state index contributed by atoms with van der Waals surface area (Å²) in [6.45, 7) is 2.44. The van der Waals surface area contributed by atoms with Gasteiger partial charge >= 0.3 is 6.18 Å². The van der Waals surface area contributed by atoms with Crippen LogP contribution in [0.5, 0.6) is 0 Å². The van der Waals surface area contributed by atoms with Gasteiger partial charge in [0.15, 0.2) is 0 Å². The van der Waals surface area contributed by atoms with Gasteiger partial charge in [-0.3, -0.25) is 9.89 Å². The summed E-state index contributed by atoms with van der Waals surface area (Å²) in [7, 11) is 0. The Morgan fingerprint density at radius 1 is 1.27 bits per heavy atom. The first kappa shape index (κ1) is 20.4. The Bertz CT molecular complexity index is 1160. The third-order valence-electron chi connectivity index (χ3n) is 5.28. The summed E-state index contributed by atoms with van der Waals surface area (Å²) in [6, 6.07) is 2.68. The van der Waals surface area contributed by atoms with Crippen molar-refractivity contribution in [2.75, 3.05) is 11.4 Å². The first-order chi connectivity index (χ1) is 14.2. The summed E-state index contributed by atoms with van der Waals surface area (Å²) < 4.78 is 53.7. The van der Waals surface area contributed by atoms with E-state index in [0.717, 1.165) is 23.4 Å². The fraction of sp³-hybridized carbons (Fsp3) is 0.316. The summed E-state index contributed by atoms with van der Waals surface area (Å²) >= 11 is 6.07. The van der Waals surface area contributed by atoms with E-state index in [2.05, 4.69) is 20.4 Å². The van der Waals surface area contributed by atoms with Gasteiger partial charge in [0, 0.05) is 18.0 Å². The number of aromatic nitrogens is 4. The quantitative estimate of drug-likeness (QED) is 0.602. The molecule has 158 valence electrons. The molecule has 0 saturated heterocycles. The smallest absolute Gasteiger partial charge is 0.363 e. The van der Waals surface area contributed by atoms with Gasteiger partial charge in [-0.25, -0.2) is 9.49 Å². The number of fused-ring (bicyclic) bond motifs is 1. The van der Waals surface area contributed by atoms with Crippen LogP contribution in [-0.2, 0) is 19.1 Å². The lowest BCUT2D eigenvalue weighted by Crippen LogP contribution is -2.32. The van der Waals surface area contributed by atoms with Gasteiger partial charge in [-0.05, 0) is 24.1 Å². The minimum absolute atomic E-state index is 0.0164. The highest BCUT2D eigenvalue weighted by atomic mass is 35.5. The van der Waals surface area contributed by atoms with Crippen molar-refractivity contribution in [2.24, 2.45) is 0 Å². The van der Waals surface area contributed by atoms with Crippen molar-refractivity contribution in [3.63, 3.8) is 0 Å². The minimum Gasteiger partial charge on any atom is -0.363 e. The van der Waals surface area contributed by atoms with Crippen LogP contribution >= 0.6 is 11.6 Å². The molecule has 0 unspecified atom stereocenters. The van der Waals surface area contributed by atoms with Crippen molar-refractivity contribution in [3.05, 3.63) is 73.7 Å². The van der Waals surface area contributed by atoms with Crippen LogP contribution in [0.4, 0.5) is 23.2 Å². The van der Waals surface area contributed by atoms with Crippen LogP contribution in [0, 0.1) is 5.82 Å². The van der Waals surface area contributed by atoms with Gasteiger partial charge in [0.05, 0.1) is 35.4 Å². The zero-order valence-corrected chi connectivity index (χ0v) is 16.4. The molecule has 1 atom stereocenters. The number of alkyl halides is 3. The van der Waals surface area contributed by atoms with Crippen LogP contribution in [0.15, 0.2) is 29.2 Å². The van der Waals surface area contributed by atoms with Crippen molar-refractivity contribution in [1.82, 2.24) is 20.4 Å². The summed E-state index contributed by atoms with van der Waals surface area (Å²) in [4.78, 5) is 13.5. The van der Waals surface area contributed by atoms with Crippen LogP contribution in [0.2, 0.25) is 5.02 Å². The molecule has 0 amide bonds. The fourth-order valence-electron chi connectivity index (χ4n) is 3.80. The molecule has 0 aliphatic carbocycles. The third-order valence-corrected chi connectivity index (χ3v) is 5.65. The van der Waals surface area contributed by atoms with E-state index >= 15 is 0 Å². The Morgan fingerprint density at radius 2 is 2.03 bits per heavy atom. The lowest BCUT2D eigenvalue weighted by Gasteiger charge is -2.29. The highest BCUT2D eigenvalue weighted by Gasteiger charge is 2.36. The fourth-order valence-corrected chi connectivity index (χ4v) is 4.01. The molecule has 1 aromatic carbocycles. The average Bonchev–Trinajstić information content (AvgIpc) is 3.12. The number of hydrogen-bond acceptors (Lipinski definition) is 4. The van der Waals surface area contributed by atoms with Gasteiger partial charge in [0.2, 0.25) is 0 Å². The number of nitrogens with one attached hydrogen (secondary N) is 2. The van der Waals surface area contributed by atoms with E-state index in [1.165, 1.54) is 6.20 Å². The predicted octanol–water partition coefficient (Wildman–Crippen LogP) is 4.02. The molecule has 11 heteroatoms. The topological polar surface area (TPSA) is 77.7 Å². The number of anilines is 1. The van der Waals surface area contributed by atoms with Crippen LogP contribution in [-0.4, -0.2) is 26.9 Å². The normalized spacial score (nSPS) is 15.2. The molecule has 3 aromatic rings. The van der Waals surface area contributed by atoms with Gasteiger partial charge in [0.25, 0.3) is 5.56 Å². The van der Waals surface area contributed by atoms with Crippen molar-refractivity contribution >= 4 is 17.3 Å². The van der Waals surface area contributed by atoms with Gasteiger partial charge < -0.3 is 4.90 Å².